The van der Waals surface area contributed by atoms with Gasteiger partial charge in [0.25, 0.3) is 5.56 Å². The van der Waals surface area contributed by atoms with Crippen LogP contribution in [0.25, 0.3) is 15.2 Å². The minimum atomic E-state index is -1.50. The first-order valence-corrected chi connectivity index (χ1v) is 13.0. The number of nitriles is 1. The number of carbonyl (C=O) groups is 1. The van der Waals surface area contributed by atoms with Gasteiger partial charge in [-0.1, -0.05) is 29.5 Å². The summed E-state index contributed by atoms with van der Waals surface area (Å²) in [5, 5.41) is 20.9. The minimum absolute atomic E-state index is 0.0167. The van der Waals surface area contributed by atoms with Gasteiger partial charge in [-0.15, -0.1) is 4.80 Å². The third kappa shape index (κ3) is 4.96. The largest absolute Gasteiger partial charge is 0.496 e. The van der Waals surface area contributed by atoms with Gasteiger partial charge in [0.1, 0.15) is 27.2 Å². The van der Waals surface area contributed by atoms with E-state index in [9.17, 15) is 14.4 Å². The number of ether oxygens (including phenoxy) is 2. The maximum atomic E-state index is 14.1. The lowest BCUT2D eigenvalue weighted by atomic mass is 10.0. The van der Waals surface area contributed by atoms with Crippen molar-refractivity contribution in [2.45, 2.75) is 45.4 Å². The van der Waals surface area contributed by atoms with Crippen LogP contribution in [0.3, 0.4) is 0 Å². The molecule has 1 N–H and O–H groups in total. The Labute approximate surface area is 228 Å². The van der Waals surface area contributed by atoms with E-state index >= 15 is 0 Å². The van der Waals surface area contributed by atoms with Crippen LogP contribution in [0, 0.1) is 18.3 Å². The normalized spacial score (nSPS) is 12.3. The number of carbonyl (C=O) groups excluding carboxylic acids is 1. The van der Waals surface area contributed by atoms with Crippen LogP contribution in [0.2, 0.25) is 0 Å². The van der Waals surface area contributed by atoms with Crippen molar-refractivity contribution in [3.8, 4) is 16.8 Å². The predicted molar refractivity (Wildman–Crippen MR) is 145 cm³/mol. The summed E-state index contributed by atoms with van der Waals surface area (Å²) in [7, 11) is 2.98. The van der Waals surface area contributed by atoms with Gasteiger partial charge >= 0.3 is 5.69 Å². The maximum Gasteiger partial charge on any atom is 0.333 e. The molecule has 0 saturated carbocycles. The van der Waals surface area contributed by atoms with Crippen LogP contribution in [0.1, 0.15) is 37.5 Å². The molecule has 0 saturated heterocycles. The summed E-state index contributed by atoms with van der Waals surface area (Å²) in [5.74, 6) is 0.0487. The molecule has 13 heteroatoms. The van der Waals surface area contributed by atoms with Crippen molar-refractivity contribution in [2.24, 2.45) is 0 Å². The number of nitrogens with one attached hydrogen (secondary N) is 1. The monoisotopic (exact) mass is 551 g/mol. The zero-order valence-electron chi connectivity index (χ0n) is 22.3. The smallest absolute Gasteiger partial charge is 0.333 e. The highest BCUT2D eigenvalue weighted by Gasteiger charge is 2.35. The molecule has 4 rings (SSSR count). The van der Waals surface area contributed by atoms with Crippen LogP contribution in [0.4, 0.5) is 0 Å². The Morgan fingerprint density at radius 2 is 1.92 bits per heavy atom. The van der Waals surface area contributed by atoms with E-state index in [1.807, 2.05) is 18.2 Å². The van der Waals surface area contributed by atoms with Gasteiger partial charge in [0.2, 0.25) is 5.91 Å². The van der Waals surface area contributed by atoms with Crippen LogP contribution >= 0.6 is 11.3 Å². The third-order valence-electron chi connectivity index (χ3n) is 6.50. The molecule has 0 aliphatic carbocycles. The van der Waals surface area contributed by atoms with Gasteiger partial charge in [-0.2, -0.15) is 15.5 Å². The SMILES string of the molecule is CNC(=O)C(C)(C)n1c(=O)c2c(C)c(-n3nccn3)sc2n(C[C@H](OCCC#N)c2ccccc2OC)c1=O. The van der Waals surface area contributed by atoms with Crippen LogP contribution in [-0.4, -0.2) is 50.8 Å². The molecular weight excluding hydrogens is 522 g/mol. The van der Waals surface area contributed by atoms with E-state index in [4.69, 9.17) is 14.7 Å². The Balaban J connectivity index is 2.03. The quantitative estimate of drug-likeness (QED) is 0.295. The molecule has 3 heterocycles. The standard InChI is InChI=1S/C26H29N7O5S/c1-16-20-21(34)32(26(2,3)24(35)28-4)25(36)31(23(20)39-22(16)33-29-12-13-30-33)15-19(38-14-8-11-27)17-9-6-7-10-18(17)37-5/h6-7,9-10,12-13,19H,8,14-15H2,1-5H3,(H,28,35)/t19-/m0/s1. The topological polar surface area (TPSA) is 146 Å². The fourth-order valence-electron chi connectivity index (χ4n) is 4.49. The molecule has 0 aliphatic heterocycles. The molecule has 0 fully saturated rings. The molecule has 0 bridgehead atoms. The molecule has 12 nitrogen and oxygen atoms in total. The van der Waals surface area contributed by atoms with Gasteiger partial charge in [-0.25, -0.2) is 9.36 Å². The van der Waals surface area contributed by atoms with Crippen molar-refractivity contribution in [3.05, 3.63) is 68.6 Å². The van der Waals surface area contributed by atoms with Crippen molar-refractivity contribution in [1.29, 1.82) is 5.26 Å². The highest BCUT2D eigenvalue weighted by molar-refractivity contribution is 7.21. The van der Waals surface area contributed by atoms with E-state index in [2.05, 4.69) is 21.6 Å². The number of hydrogen-bond donors (Lipinski definition) is 1. The summed E-state index contributed by atoms with van der Waals surface area (Å²) in [6.45, 7) is 4.89. The number of aryl methyl sites for hydroxylation is 1. The van der Waals surface area contributed by atoms with Gasteiger partial charge in [0.15, 0.2) is 0 Å². The van der Waals surface area contributed by atoms with Gasteiger partial charge in [0, 0.05) is 18.2 Å². The van der Waals surface area contributed by atoms with Crippen LogP contribution in [-0.2, 0) is 21.6 Å². The molecule has 204 valence electrons. The molecular formula is C26H29N7O5S. The number of benzene rings is 1. The molecule has 39 heavy (non-hydrogen) atoms. The van der Waals surface area contributed by atoms with Gasteiger partial charge < -0.3 is 14.8 Å². The molecule has 0 unspecified atom stereocenters. The van der Waals surface area contributed by atoms with E-state index in [-0.39, 0.29) is 25.0 Å². The first kappa shape index (κ1) is 27.7. The number of para-hydroxylation sites is 1. The second-order valence-electron chi connectivity index (χ2n) is 9.21. The fourth-order valence-corrected chi connectivity index (χ4v) is 5.71. The molecule has 4 aromatic rings. The zero-order chi connectivity index (χ0) is 28.3. The lowest BCUT2D eigenvalue weighted by Gasteiger charge is -2.27. The third-order valence-corrected chi connectivity index (χ3v) is 7.78. The van der Waals surface area contributed by atoms with Gasteiger partial charge in [-0.05, 0) is 26.8 Å². The van der Waals surface area contributed by atoms with E-state index in [1.165, 1.54) is 61.1 Å². The van der Waals surface area contributed by atoms with E-state index in [0.717, 1.165) is 4.57 Å². The molecule has 3 aromatic heterocycles. The summed E-state index contributed by atoms with van der Waals surface area (Å²) in [6.07, 6.45) is 2.47. The summed E-state index contributed by atoms with van der Waals surface area (Å²) in [4.78, 5) is 42.6. The average molecular weight is 552 g/mol. The molecule has 1 aromatic carbocycles. The van der Waals surface area contributed by atoms with Crippen molar-refractivity contribution >= 4 is 27.5 Å². The first-order valence-electron chi connectivity index (χ1n) is 12.2. The summed E-state index contributed by atoms with van der Waals surface area (Å²) in [6, 6.07) is 9.30. The fraction of sp³-hybridized carbons (Fsp3) is 0.385. The number of rotatable bonds is 10. The lowest BCUT2D eigenvalue weighted by molar-refractivity contribution is -0.128. The van der Waals surface area contributed by atoms with Gasteiger partial charge in [-0.3, -0.25) is 14.2 Å². The second kappa shape index (κ2) is 11.2. The Kier molecular flexibility index (Phi) is 7.98. The molecule has 0 aliphatic rings. The van der Waals surface area contributed by atoms with E-state index in [0.29, 0.717) is 26.7 Å². The average Bonchev–Trinajstić information content (AvgIpc) is 3.57. The molecule has 0 spiro atoms. The van der Waals surface area contributed by atoms with E-state index in [1.54, 1.807) is 13.0 Å². The van der Waals surface area contributed by atoms with Gasteiger partial charge in [0.05, 0.1) is 50.5 Å². The number of hydrogen-bond acceptors (Lipinski definition) is 9. The Bertz CT molecular complexity index is 1660. The van der Waals surface area contributed by atoms with Crippen molar-refractivity contribution in [2.75, 3.05) is 20.8 Å². The van der Waals surface area contributed by atoms with Crippen molar-refractivity contribution in [1.82, 2.24) is 29.4 Å². The summed E-state index contributed by atoms with van der Waals surface area (Å²) in [5.41, 5.74) is -1.52. The number of thiophene rings is 1. The zero-order valence-corrected chi connectivity index (χ0v) is 23.1. The predicted octanol–water partition coefficient (Wildman–Crippen LogP) is 2.28. The number of fused-ring (bicyclic) bond motifs is 1. The van der Waals surface area contributed by atoms with Crippen molar-refractivity contribution in [3.63, 3.8) is 0 Å². The van der Waals surface area contributed by atoms with Crippen LogP contribution in [0.15, 0.2) is 46.2 Å². The molecule has 1 amide bonds. The minimum Gasteiger partial charge on any atom is -0.496 e. The van der Waals surface area contributed by atoms with Crippen LogP contribution < -0.4 is 21.3 Å². The second-order valence-corrected chi connectivity index (χ2v) is 10.2. The van der Waals surface area contributed by atoms with Crippen LogP contribution in [0.5, 0.6) is 5.75 Å². The first-order chi connectivity index (χ1) is 18.7. The highest BCUT2D eigenvalue weighted by Crippen LogP contribution is 2.34. The lowest BCUT2D eigenvalue weighted by Crippen LogP contribution is -2.55. The number of nitrogens with zero attached hydrogens (tertiary/aromatic N) is 6. The molecule has 1 atom stereocenters. The highest BCUT2D eigenvalue weighted by atomic mass is 32.1. The number of aromatic nitrogens is 5. The Hall–Kier alpha value is -4.28. The summed E-state index contributed by atoms with van der Waals surface area (Å²) >= 11 is 1.19. The Morgan fingerprint density at radius 1 is 1.23 bits per heavy atom. The van der Waals surface area contributed by atoms with Crippen molar-refractivity contribution < 1.29 is 14.3 Å². The number of likely N-dealkylation sites (N-methyl/N-ethyl adjacent to an activating group) is 1. The number of amides is 1. The maximum absolute atomic E-state index is 14.1. The summed E-state index contributed by atoms with van der Waals surface area (Å²) < 4.78 is 14.1. The van der Waals surface area contributed by atoms with E-state index < -0.39 is 28.8 Å². The number of methoxy groups -OCH3 is 1. The Morgan fingerprint density at radius 3 is 2.56 bits per heavy atom. The molecule has 0 radical (unpaired) electrons.